The van der Waals surface area contributed by atoms with Gasteiger partial charge in [-0.3, -0.25) is 4.79 Å². The molecule has 0 aromatic carbocycles. The number of amides is 1. The van der Waals surface area contributed by atoms with Crippen LogP contribution in [0, 0.1) is 17.2 Å². The molecule has 0 unspecified atom stereocenters. The molecule has 2 N–H and O–H groups in total. The summed E-state index contributed by atoms with van der Waals surface area (Å²) in [6.45, 7) is 3.97. The number of pyridine rings is 2. The largest absolute Gasteiger partial charge is 0.382 e. The van der Waals surface area contributed by atoms with Crippen molar-refractivity contribution in [3.8, 4) is 11.9 Å². The monoisotopic (exact) mass is 495 g/mol. The third-order valence-corrected chi connectivity index (χ3v) is 7.13. The zero-order chi connectivity index (χ0) is 25.2. The van der Waals surface area contributed by atoms with Crippen molar-refractivity contribution in [2.75, 3.05) is 17.3 Å². The van der Waals surface area contributed by atoms with Crippen LogP contribution in [0.5, 0.6) is 0 Å². The molecular weight excluding hydrogens is 466 g/mol. The summed E-state index contributed by atoms with van der Waals surface area (Å²) >= 11 is 0. The summed E-state index contributed by atoms with van der Waals surface area (Å²) in [6, 6.07) is 5.63. The Hall–Kier alpha value is -3.52. The average Bonchev–Trinajstić information content (AvgIpc) is 3.22. The van der Waals surface area contributed by atoms with Gasteiger partial charge in [-0.05, 0) is 51.5 Å². The Bertz CT molecular complexity index is 1380. The minimum absolute atomic E-state index is 0.00141. The molecule has 0 atom stereocenters. The standard InChI is InChI=1S/C24H29N7O3S/c1-15(2)29-21-9-22(31-23-18(12-28-31)8-17(10-25)11-27-23)26-13-20(21)24(32)30-19-6-4-16(5-7-19)14-35(3,33)34/h8-9,11-13,15-16,19H,4-7,14H2,1-3H3,(H,26,29)(H,30,32). The third-order valence-electron chi connectivity index (χ3n) is 6.05. The number of hydrogen-bond acceptors (Lipinski definition) is 8. The van der Waals surface area contributed by atoms with Crippen LogP contribution in [0.15, 0.2) is 30.7 Å². The van der Waals surface area contributed by atoms with E-state index >= 15 is 0 Å². The molecule has 11 heteroatoms. The third kappa shape index (κ3) is 5.95. The van der Waals surface area contributed by atoms with Gasteiger partial charge in [0.25, 0.3) is 5.91 Å². The number of nitriles is 1. The van der Waals surface area contributed by atoms with E-state index in [1.165, 1.54) is 18.6 Å². The molecule has 184 valence electrons. The van der Waals surface area contributed by atoms with E-state index < -0.39 is 9.84 Å². The zero-order valence-electron chi connectivity index (χ0n) is 20.0. The summed E-state index contributed by atoms with van der Waals surface area (Å²) in [4.78, 5) is 22.0. The van der Waals surface area contributed by atoms with E-state index in [4.69, 9.17) is 5.26 Å². The summed E-state index contributed by atoms with van der Waals surface area (Å²) < 4.78 is 24.7. The van der Waals surface area contributed by atoms with E-state index in [9.17, 15) is 13.2 Å². The quantitative estimate of drug-likeness (QED) is 0.509. The number of sulfone groups is 1. The molecule has 3 heterocycles. The van der Waals surface area contributed by atoms with Crippen molar-refractivity contribution in [2.45, 2.75) is 51.6 Å². The molecular formula is C24H29N7O3S. The number of rotatable bonds is 7. The second-order valence-electron chi connectivity index (χ2n) is 9.48. The van der Waals surface area contributed by atoms with Gasteiger partial charge in [0.1, 0.15) is 15.9 Å². The minimum atomic E-state index is -2.99. The predicted octanol–water partition coefficient (Wildman–Crippen LogP) is 2.84. The van der Waals surface area contributed by atoms with Crippen molar-refractivity contribution in [3.63, 3.8) is 0 Å². The van der Waals surface area contributed by atoms with Crippen LogP contribution in [0.25, 0.3) is 16.9 Å². The molecule has 0 bridgehead atoms. The van der Waals surface area contributed by atoms with Gasteiger partial charge in [0.15, 0.2) is 11.5 Å². The number of fused-ring (bicyclic) bond motifs is 1. The summed E-state index contributed by atoms with van der Waals surface area (Å²) in [5.41, 5.74) is 2.07. The predicted molar refractivity (Wildman–Crippen MR) is 133 cm³/mol. The Morgan fingerprint density at radius 1 is 1.17 bits per heavy atom. The van der Waals surface area contributed by atoms with Crippen LogP contribution in [-0.2, 0) is 9.84 Å². The smallest absolute Gasteiger partial charge is 0.255 e. The van der Waals surface area contributed by atoms with E-state index in [0.717, 1.165) is 31.1 Å². The van der Waals surface area contributed by atoms with Gasteiger partial charge in [0.2, 0.25) is 0 Å². The number of carbonyl (C=O) groups is 1. The molecule has 3 aromatic rings. The number of carbonyl (C=O) groups excluding carboxylic acids is 1. The number of nitrogens with one attached hydrogen (secondary N) is 2. The molecule has 35 heavy (non-hydrogen) atoms. The highest BCUT2D eigenvalue weighted by atomic mass is 32.2. The molecule has 0 aliphatic heterocycles. The van der Waals surface area contributed by atoms with Crippen molar-refractivity contribution in [1.82, 2.24) is 25.1 Å². The SMILES string of the molecule is CC(C)Nc1cc(-n2ncc3cc(C#N)cnc32)ncc1C(=O)NC1CCC(CS(C)(=O)=O)CC1. The van der Waals surface area contributed by atoms with Gasteiger partial charge in [0, 0.05) is 42.2 Å². The van der Waals surface area contributed by atoms with E-state index in [-0.39, 0.29) is 29.7 Å². The lowest BCUT2D eigenvalue weighted by Gasteiger charge is -2.29. The van der Waals surface area contributed by atoms with Crippen molar-refractivity contribution < 1.29 is 13.2 Å². The Morgan fingerprint density at radius 3 is 2.57 bits per heavy atom. The Morgan fingerprint density at radius 2 is 1.91 bits per heavy atom. The van der Waals surface area contributed by atoms with Crippen molar-refractivity contribution in [2.24, 2.45) is 5.92 Å². The molecule has 0 spiro atoms. The minimum Gasteiger partial charge on any atom is -0.382 e. The van der Waals surface area contributed by atoms with Gasteiger partial charge in [0.05, 0.1) is 28.8 Å². The van der Waals surface area contributed by atoms with Crippen LogP contribution in [0.3, 0.4) is 0 Å². The lowest BCUT2D eigenvalue weighted by Crippen LogP contribution is -2.39. The first-order valence-electron chi connectivity index (χ1n) is 11.6. The fraction of sp³-hybridized carbons (Fsp3) is 0.458. The van der Waals surface area contributed by atoms with Crippen LogP contribution in [-0.4, -0.2) is 58.2 Å². The van der Waals surface area contributed by atoms with Crippen LogP contribution in [0.1, 0.15) is 55.5 Å². The lowest BCUT2D eigenvalue weighted by atomic mass is 9.87. The van der Waals surface area contributed by atoms with Crippen molar-refractivity contribution in [1.29, 1.82) is 5.26 Å². The van der Waals surface area contributed by atoms with Crippen LogP contribution in [0.4, 0.5) is 5.69 Å². The van der Waals surface area contributed by atoms with E-state index in [0.29, 0.717) is 28.3 Å². The molecule has 10 nitrogen and oxygen atoms in total. The van der Waals surface area contributed by atoms with Gasteiger partial charge in [-0.2, -0.15) is 15.0 Å². The highest BCUT2D eigenvalue weighted by molar-refractivity contribution is 7.90. The summed E-state index contributed by atoms with van der Waals surface area (Å²) in [6.07, 6.45) is 8.97. The molecule has 1 amide bonds. The lowest BCUT2D eigenvalue weighted by molar-refractivity contribution is 0.0923. The Kier molecular flexibility index (Phi) is 7.03. The fourth-order valence-electron chi connectivity index (χ4n) is 4.49. The summed E-state index contributed by atoms with van der Waals surface area (Å²) in [5, 5.41) is 20.6. The Balaban J connectivity index is 1.54. The number of aromatic nitrogens is 4. The van der Waals surface area contributed by atoms with E-state index in [2.05, 4.69) is 31.8 Å². The first-order valence-corrected chi connectivity index (χ1v) is 13.7. The highest BCUT2D eigenvalue weighted by Crippen LogP contribution is 2.27. The van der Waals surface area contributed by atoms with E-state index in [1.54, 1.807) is 23.0 Å². The van der Waals surface area contributed by atoms with Gasteiger partial charge in [-0.1, -0.05) is 0 Å². The van der Waals surface area contributed by atoms with Gasteiger partial charge in [-0.25, -0.2) is 18.4 Å². The molecule has 4 rings (SSSR count). The molecule has 0 saturated heterocycles. The fourth-order valence-corrected chi connectivity index (χ4v) is 5.68. The second-order valence-corrected chi connectivity index (χ2v) is 11.7. The number of anilines is 1. The molecule has 3 aromatic heterocycles. The van der Waals surface area contributed by atoms with E-state index in [1.807, 2.05) is 13.8 Å². The Labute approximate surface area is 204 Å². The number of hydrogen-bond donors (Lipinski definition) is 2. The first kappa shape index (κ1) is 24.6. The molecule has 1 aliphatic carbocycles. The maximum absolute atomic E-state index is 13.2. The topological polar surface area (TPSA) is 143 Å². The maximum atomic E-state index is 13.2. The molecule has 1 aliphatic rings. The molecule has 1 fully saturated rings. The van der Waals surface area contributed by atoms with Crippen molar-refractivity contribution in [3.05, 3.63) is 41.9 Å². The number of nitrogens with zero attached hydrogens (tertiary/aromatic N) is 5. The maximum Gasteiger partial charge on any atom is 0.255 e. The normalized spacial score (nSPS) is 18.4. The first-order chi connectivity index (χ1) is 16.6. The summed E-state index contributed by atoms with van der Waals surface area (Å²) in [5.74, 6) is 0.633. The second kappa shape index (κ2) is 10.00. The van der Waals surface area contributed by atoms with Gasteiger partial charge < -0.3 is 10.6 Å². The molecule has 0 radical (unpaired) electrons. The zero-order valence-corrected chi connectivity index (χ0v) is 20.8. The highest BCUT2D eigenvalue weighted by Gasteiger charge is 2.26. The van der Waals surface area contributed by atoms with Crippen LogP contribution >= 0.6 is 0 Å². The van der Waals surface area contributed by atoms with Crippen molar-refractivity contribution >= 4 is 32.5 Å². The van der Waals surface area contributed by atoms with Crippen LogP contribution in [0.2, 0.25) is 0 Å². The van der Waals surface area contributed by atoms with Gasteiger partial charge in [-0.15, -0.1) is 0 Å². The van der Waals surface area contributed by atoms with Crippen LogP contribution < -0.4 is 10.6 Å². The average molecular weight is 496 g/mol. The summed E-state index contributed by atoms with van der Waals surface area (Å²) in [7, 11) is -2.99. The van der Waals surface area contributed by atoms with Gasteiger partial charge >= 0.3 is 0 Å². The molecule has 1 saturated carbocycles.